The lowest BCUT2D eigenvalue weighted by atomic mass is 10.1. The Morgan fingerprint density at radius 1 is 1.09 bits per heavy atom. The molecule has 1 amide bonds. The number of fused-ring (bicyclic) bond motifs is 1. The van der Waals surface area contributed by atoms with Gasteiger partial charge in [0.2, 0.25) is 0 Å². The maximum Gasteiger partial charge on any atom is 0.337 e. The van der Waals surface area contributed by atoms with Gasteiger partial charge in [-0.15, -0.1) is 0 Å². The van der Waals surface area contributed by atoms with Crippen LogP contribution in [-0.4, -0.2) is 35.0 Å². The molecule has 174 valence electrons. The Balaban J connectivity index is 1.96. The lowest BCUT2D eigenvalue weighted by Crippen LogP contribution is -2.21. The van der Waals surface area contributed by atoms with Crippen LogP contribution in [0.3, 0.4) is 0 Å². The number of anilines is 1. The molecule has 0 saturated heterocycles. The molecule has 0 bridgehead atoms. The molecule has 0 atom stereocenters. The average Bonchev–Trinajstić information content (AvgIpc) is 3.18. The van der Waals surface area contributed by atoms with E-state index < -0.39 is 61.2 Å². The van der Waals surface area contributed by atoms with Crippen LogP contribution in [0.2, 0.25) is 0 Å². The number of nitrogens with two attached hydrogens (primary N) is 1. The predicted molar refractivity (Wildman–Crippen MR) is 114 cm³/mol. The molecule has 0 unspecified atom stereocenters. The zero-order valence-electron chi connectivity index (χ0n) is 16.8. The average molecular weight is 490 g/mol. The summed E-state index contributed by atoms with van der Waals surface area (Å²) in [7, 11) is -4.61. The molecular formula is C21H13F3N4O5S. The number of nitrogens with one attached hydrogen (secondary N) is 1. The number of nitrogens with zero attached hydrogens (tertiary/aromatic N) is 2. The van der Waals surface area contributed by atoms with Crippen molar-refractivity contribution in [2.24, 2.45) is 5.73 Å². The molecule has 4 aromatic rings. The van der Waals surface area contributed by atoms with Crippen molar-refractivity contribution in [3.63, 3.8) is 0 Å². The highest BCUT2D eigenvalue weighted by Gasteiger charge is 2.27. The van der Waals surface area contributed by atoms with E-state index in [0.717, 1.165) is 29.0 Å². The first kappa shape index (κ1) is 22.8. The summed E-state index contributed by atoms with van der Waals surface area (Å²) in [4.78, 5) is 26.2. The number of sulfonamides is 1. The Morgan fingerprint density at radius 2 is 1.82 bits per heavy atom. The lowest BCUT2D eigenvalue weighted by molar-refractivity contribution is 0.0696. The fraction of sp³-hybridized carbons (Fsp3) is 0. The van der Waals surface area contributed by atoms with Crippen molar-refractivity contribution in [1.29, 1.82) is 0 Å². The summed E-state index contributed by atoms with van der Waals surface area (Å²) in [6.45, 7) is 0. The van der Waals surface area contributed by atoms with Crippen molar-refractivity contribution in [2.75, 3.05) is 4.72 Å². The number of carbonyl (C=O) groups is 2. The number of hydrogen-bond donors (Lipinski definition) is 3. The van der Waals surface area contributed by atoms with E-state index >= 15 is 4.39 Å². The van der Waals surface area contributed by atoms with Gasteiger partial charge >= 0.3 is 5.97 Å². The molecule has 0 saturated carbocycles. The second kappa shape index (κ2) is 8.19. The summed E-state index contributed by atoms with van der Waals surface area (Å²) in [5.41, 5.74) is 2.46. The van der Waals surface area contributed by atoms with Gasteiger partial charge in [0, 0.05) is 23.8 Å². The molecule has 4 N–H and O–H groups in total. The van der Waals surface area contributed by atoms with Gasteiger partial charge in [0.1, 0.15) is 28.5 Å². The first-order chi connectivity index (χ1) is 16.0. The normalized spacial score (nSPS) is 11.5. The number of aromatic nitrogens is 2. The van der Waals surface area contributed by atoms with Crippen molar-refractivity contribution in [3.8, 4) is 5.69 Å². The molecule has 34 heavy (non-hydrogen) atoms. The Labute approximate surface area is 189 Å². The third-order valence-corrected chi connectivity index (χ3v) is 6.17. The second-order valence-corrected chi connectivity index (χ2v) is 8.68. The van der Waals surface area contributed by atoms with Gasteiger partial charge in [-0.1, -0.05) is 6.07 Å². The molecule has 0 aliphatic carbocycles. The molecule has 0 aliphatic heterocycles. The van der Waals surface area contributed by atoms with Gasteiger partial charge in [-0.3, -0.25) is 14.1 Å². The van der Waals surface area contributed by atoms with Crippen LogP contribution >= 0.6 is 0 Å². The number of carboxylic acid groups (broad SMARTS) is 1. The van der Waals surface area contributed by atoms with Gasteiger partial charge in [0.25, 0.3) is 15.9 Å². The molecule has 0 aliphatic rings. The molecule has 0 spiro atoms. The zero-order valence-corrected chi connectivity index (χ0v) is 17.6. The van der Waals surface area contributed by atoms with E-state index in [1.165, 1.54) is 18.3 Å². The number of carboxylic acids is 1. The number of pyridine rings is 1. The van der Waals surface area contributed by atoms with Crippen LogP contribution in [0.1, 0.15) is 20.7 Å². The van der Waals surface area contributed by atoms with Crippen molar-refractivity contribution < 1.29 is 36.3 Å². The Kier molecular flexibility index (Phi) is 5.49. The van der Waals surface area contributed by atoms with Crippen molar-refractivity contribution in [3.05, 3.63) is 83.4 Å². The number of primary amides is 1. The number of aromatic carboxylic acids is 1. The maximum atomic E-state index is 15.3. The standard InChI is InChI=1S/C21H13F3N4O5S/c22-12-2-1-3-13(7-12)34(32,33)27-18-15(8-14(23)16(17(18)24)19(25)29)28-5-4-10-6-11(21(30)31)9-26-20(10)28/h1-9,27H,(H2,25,29)(H,30,31). The number of halogens is 3. The monoisotopic (exact) mass is 490 g/mol. The van der Waals surface area contributed by atoms with E-state index in [-0.39, 0.29) is 16.6 Å². The molecule has 2 aromatic heterocycles. The molecule has 0 radical (unpaired) electrons. The highest BCUT2D eigenvalue weighted by molar-refractivity contribution is 7.92. The SMILES string of the molecule is NC(=O)c1c(F)cc(-n2ccc3cc(C(=O)O)cnc32)c(NS(=O)(=O)c2cccc(F)c2)c1F. The van der Waals surface area contributed by atoms with Gasteiger partial charge < -0.3 is 10.8 Å². The number of carbonyl (C=O) groups excluding carboxylic acids is 1. The summed E-state index contributed by atoms with van der Waals surface area (Å²) < 4.78 is 72.2. The Hall–Kier alpha value is -4.39. The van der Waals surface area contributed by atoms with Crippen LogP contribution in [0.4, 0.5) is 18.9 Å². The molecule has 4 rings (SSSR count). The summed E-state index contributed by atoms with van der Waals surface area (Å²) in [5.74, 6) is -6.61. The van der Waals surface area contributed by atoms with Gasteiger partial charge in [-0.2, -0.15) is 0 Å². The van der Waals surface area contributed by atoms with Crippen molar-refractivity contribution in [2.45, 2.75) is 4.90 Å². The molecule has 0 fully saturated rings. The fourth-order valence-electron chi connectivity index (χ4n) is 3.28. The van der Waals surface area contributed by atoms with Gasteiger partial charge in [0.05, 0.1) is 16.1 Å². The Morgan fingerprint density at radius 3 is 2.47 bits per heavy atom. The second-order valence-electron chi connectivity index (χ2n) is 7.00. The smallest absolute Gasteiger partial charge is 0.337 e. The first-order valence-electron chi connectivity index (χ1n) is 9.30. The molecule has 9 nitrogen and oxygen atoms in total. The summed E-state index contributed by atoms with van der Waals surface area (Å²) in [5, 5.41) is 9.39. The van der Waals surface area contributed by atoms with Crippen LogP contribution in [0, 0.1) is 17.5 Å². The molecular weight excluding hydrogens is 477 g/mol. The van der Waals surface area contributed by atoms with Crippen LogP contribution < -0.4 is 10.5 Å². The van der Waals surface area contributed by atoms with Gasteiger partial charge in [-0.05, 0) is 30.3 Å². The topological polar surface area (TPSA) is 144 Å². The van der Waals surface area contributed by atoms with Crippen molar-refractivity contribution >= 4 is 38.6 Å². The van der Waals surface area contributed by atoms with Gasteiger partial charge in [-0.25, -0.2) is 31.4 Å². The van der Waals surface area contributed by atoms with E-state index in [1.807, 2.05) is 4.72 Å². The quantitative estimate of drug-likeness (QED) is 0.379. The van der Waals surface area contributed by atoms with E-state index in [2.05, 4.69) is 4.98 Å². The predicted octanol–water partition coefficient (Wildman–Crippen LogP) is 3.04. The van der Waals surface area contributed by atoms with Crippen LogP contribution in [0.5, 0.6) is 0 Å². The van der Waals surface area contributed by atoms with E-state index in [4.69, 9.17) is 10.8 Å². The third kappa shape index (κ3) is 3.92. The molecule has 2 aromatic carbocycles. The minimum absolute atomic E-state index is 0.0295. The summed E-state index contributed by atoms with van der Waals surface area (Å²) in [6.07, 6.45) is 2.27. The lowest BCUT2D eigenvalue weighted by Gasteiger charge is -2.17. The Bertz CT molecular complexity index is 1600. The number of benzene rings is 2. The first-order valence-corrected chi connectivity index (χ1v) is 10.8. The summed E-state index contributed by atoms with van der Waals surface area (Å²) in [6, 6.07) is 7.14. The largest absolute Gasteiger partial charge is 0.478 e. The van der Waals surface area contributed by atoms with Crippen LogP contribution in [-0.2, 0) is 10.0 Å². The third-order valence-electron chi connectivity index (χ3n) is 4.82. The minimum Gasteiger partial charge on any atom is -0.478 e. The highest BCUT2D eigenvalue weighted by Crippen LogP contribution is 2.33. The number of rotatable bonds is 6. The fourth-order valence-corrected chi connectivity index (χ4v) is 4.39. The van der Waals surface area contributed by atoms with Gasteiger partial charge in [0.15, 0.2) is 5.82 Å². The molecule has 13 heteroatoms. The number of amides is 1. The van der Waals surface area contributed by atoms with E-state index in [9.17, 15) is 26.8 Å². The van der Waals surface area contributed by atoms with E-state index in [0.29, 0.717) is 12.1 Å². The van der Waals surface area contributed by atoms with E-state index in [1.54, 1.807) is 0 Å². The summed E-state index contributed by atoms with van der Waals surface area (Å²) >= 11 is 0. The van der Waals surface area contributed by atoms with Crippen LogP contribution in [0.15, 0.2) is 59.8 Å². The maximum absolute atomic E-state index is 15.3. The number of hydrogen-bond acceptors (Lipinski definition) is 5. The highest BCUT2D eigenvalue weighted by atomic mass is 32.2. The zero-order chi connectivity index (χ0) is 24.8. The minimum atomic E-state index is -4.61. The van der Waals surface area contributed by atoms with Crippen LogP contribution in [0.25, 0.3) is 16.7 Å². The molecule has 2 heterocycles. The van der Waals surface area contributed by atoms with Crippen molar-refractivity contribution in [1.82, 2.24) is 9.55 Å².